The van der Waals surface area contributed by atoms with E-state index in [1.54, 1.807) is 16.2 Å². The second-order valence-corrected chi connectivity index (χ2v) is 7.65. The Labute approximate surface area is 148 Å². The van der Waals surface area contributed by atoms with E-state index in [2.05, 4.69) is 4.98 Å². The third kappa shape index (κ3) is 3.63. The Morgan fingerprint density at radius 1 is 1.26 bits per heavy atom. The number of thiazole rings is 1. The van der Waals surface area contributed by atoms with Gasteiger partial charge in [-0.15, -0.1) is 22.7 Å². The van der Waals surface area contributed by atoms with Crippen LogP contribution in [0.1, 0.15) is 20.2 Å². The van der Waals surface area contributed by atoms with Crippen LogP contribution in [0.25, 0.3) is 10.6 Å². The number of halogens is 1. The lowest BCUT2D eigenvalue weighted by Gasteiger charge is -2.15. The van der Waals surface area contributed by atoms with Crippen molar-refractivity contribution in [2.24, 2.45) is 0 Å². The fourth-order valence-electron chi connectivity index (χ4n) is 2.19. The van der Waals surface area contributed by atoms with Gasteiger partial charge in [-0.25, -0.2) is 4.98 Å². The zero-order valence-electron chi connectivity index (χ0n) is 12.7. The molecular formula is C17H15ClN2OS2. The lowest BCUT2D eigenvalue weighted by atomic mass is 10.2. The SMILES string of the molecule is Cc1nc(-c2ccc(Cl)cc2)sc1C(=O)N(C)Cc1cccs1. The van der Waals surface area contributed by atoms with Crippen molar-refractivity contribution >= 4 is 40.2 Å². The van der Waals surface area contributed by atoms with Crippen LogP contribution in [0.15, 0.2) is 41.8 Å². The third-order valence-electron chi connectivity index (χ3n) is 3.40. The summed E-state index contributed by atoms with van der Waals surface area (Å²) in [6, 6.07) is 11.5. The van der Waals surface area contributed by atoms with Gasteiger partial charge in [0, 0.05) is 22.5 Å². The summed E-state index contributed by atoms with van der Waals surface area (Å²) in [4.78, 5) is 20.8. The number of benzene rings is 1. The summed E-state index contributed by atoms with van der Waals surface area (Å²) in [6.07, 6.45) is 0. The molecule has 0 unspecified atom stereocenters. The van der Waals surface area contributed by atoms with Crippen LogP contribution < -0.4 is 0 Å². The number of nitrogens with zero attached hydrogens (tertiary/aromatic N) is 2. The number of rotatable bonds is 4. The van der Waals surface area contributed by atoms with Crippen LogP contribution in [0, 0.1) is 6.92 Å². The average molecular weight is 363 g/mol. The summed E-state index contributed by atoms with van der Waals surface area (Å²) < 4.78 is 0. The maximum atomic E-state index is 12.7. The molecule has 0 saturated heterocycles. The van der Waals surface area contributed by atoms with Gasteiger partial charge >= 0.3 is 0 Å². The standard InChI is InChI=1S/C17H15ClN2OS2/c1-11-15(17(21)20(2)10-14-4-3-9-22-14)23-16(19-11)12-5-7-13(18)8-6-12/h3-9H,10H2,1-2H3. The number of aromatic nitrogens is 1. The summed E-state index contributed by atoms with van der Waals surface area (Å²) in [7, 11) is 1.82. The van der Waals surface area contributed by atoms with Crippen molar-refractivity contribution in [1.29, 1.82) is 0 Å². The minimum atomic E-state index is 0.00798. The number of aryl methyl sites for hydroxylation is 1. The highest BCUT2D eigenvalue weighted by Crippen LogP contribution is 2.29. The molecule has 0 aliphatic rings. The van der Waals surface area contributed by atoms with Gasteiger partial charge < -0.3 is 4.90 Å². The second kappa shape index (κ2) is 6.83. The van der Waals surface area contributed by atoms with Crippen LogP contribution in [-0.2, 0) is 6.54 Å². The molecule has 0 radical (unpaired) electrons. The van der Waals surface area contributed by atoms with Crippen LogP contribution in [0.2, 0.25) is 5.02 Å². The largest absolute Gasteiger partial charge is 0.336 e. The summed E-state index contributed by atoms with van der Waals surface area (Å²) in [5, 5.41) is 3.55. The lowest BCUT2D eigenvalue weighted by molar-refractivity contribution is 0.0790. The molecule has 0 spiro atoms. The Balaban J connectivity index is 1.82. The van der Waals surface area contributed by atoms with Gasteiger partial charge in [-0.1, -0.05) is 29.8 Å². The van der Waals surface area contributed by atoms with Crippen LogP contribution in [-0.4, -0.2) is 22.8 Å². The molecule has 118 valence electrons. The van der Waals surface area contributed by atoms with Gasteiger partial charge in [-0.3, -0.25) is 4.79 Å². The number of carbonyl (C=O) groups is 1. The van der Waals surface area contributed by atoms with E-state index in [0.29, 0.717) is 16.4 Å². The van der Waals surface area contributed by atoms with Crippen molar-refractivity contribution < 1.29 is 4.79 Å². The fraction of sp³-hybridized carbons (Fsp3) is 0.176. The zero-order valence-corrected chi connectivity index (χ0v) is 15.1. The van der Waals surface area contributed by atoms with Gasteiger partial charge in [-0.05, 0) is 30.5 Å². The number of amides is 1. The fourth-order valence-corrected chi connectivity index (χ4v) is 4.14. The number of hydrogen-bond donors (Lipinski definition) is 0. The molecular weight excluding hydrogens is 348 g/mol. The molecule has 3 nitrogen and oxygen atoms in total. The van der Waals surface area contributed by atoms with E-state index in [4.69, 9.17) is 11.6 Å². The minimum Gasteiger partial charge on any atom is -0.336 e. The van der Waals surface area contributed by atoms with Gasteiger partial charge in [0.1, 0.15) is 9.88 Å². The van der Waals surface area contributed by atoms with E-state index in [0.717, 1.165) is 16.3 Å². The first-order valence-electron chi connectivity index (χ1n) is 7.06. The van der Waals surface area contributed by atoms with Crippen molar-refractivity contribution in [3.05, 3.63) is 62.2 Å². The predicted octanol–water partition coefficient (Wildman–Crippen LogP) is 5.11. The predicted molar refractivity (Wildman–Crippen MR) is 97.4 cm³/mol. The van der Waals surface area contributed by atoms with Gasteiger partial charge in [-0.2, -0.15) is 0 Å². The Morgan fingerprint density at radius 3 is 2.65 bits per heavy atom. The maximum absolute atomic E-state index is 12.7. The Hall–Kier alpha value is -1.69. The van der Waals surface area contributed by atoms with Gasteiger partial charge in [0.2, 0.25) is 0 Å². The topological polar surface area (TPSA) is 33.2 Å². The average Bonchev–Trinajstić information content (AvgIpc) is 3.17. The second-order valence-electron chi connectivity index (χ2n) is 5.18. The molecule has 0 fully saturated rings. The molecule has 1 amide bonds. The molecule has 0 atom stereocenters. The molecule has 6 heteroatoms. The molecule has 2 heterocycles. The van der Waals surface area contributed by atoms with E-state index in [-0.39, 0.29) is 5.91 Å². The molecule has 23 heavy (non-hydrogen) atoms. The molecule has 0 bridgehead atoms. The van der Waals surface area contributed by atoms with Crippen molar-refractivity contribution in [2.45, 2.75) is 13.5 Å². The molecule has 0 saturated carbocycles. The van der Waals surface area contributed by atoms with Crippen LogP contribution in [0.4, 0.5) is 0 Å². The van der Waals surface area contributed by atoms with E-state index >= 15 is 0 Å². The summed E-state index contributed by atoms with van der Waals surface area (Å²) in [6.45, 7) is 2.49. The number of carbonyl (C=O) groups excluding carboxylic acids is 1. The third-order valence-corrected chi connectivity index (χ3v) is 5.71. The first-order valence-corrected chi connectivity index (χ1v) is 9.13. The molecule has 0 N–H and O–H groups in total. The van der Waals surface area contributed by atoms with E-state index in [9.17, 15) is 4.79 Å². The summed E-state index contributed by atoms with van der Waals surface area (Å²) >= 11 is 9.00. The van der Waals surface area contributed by atoms with Gasteiger partial charge in [0.15, 0.2) is 0 Å². The zero-order chi connectivity index (χ0) is 16.4. The molecule has 3 rings (SSSR count). The van der Waals surface area contributed by atoms with Crippen molar-refractivity contribution in [2.75, 3.05) is 7.05 Å². The van der Waals surface area contributed by atoms with Crippen molar-refractivity contribution in [3.8, 4) is 10.6 Å². The Kier molecular flexibility index (Phi) is 4.80. The summed E-state index contributed by atoms with van der Waals surface area (Å²) in [5.74, 6) is 0.00798. The molecule has 2 aromatic heterocycles. The first kappa shape index (κ1) is 16.2. The Bertz CT molecular complexity index is 810. The first-order chi connectivity index (χ1) is 11.0. The van der Waals surface area contributed by atoms with Crippen LogP contribution >= 0.6 is 34.3 Å². The monoisotopic (exact) mass is 362 g/mol. The molecule has 0 aliphatic carbocycles. The van der Waals surface area contributed by atoms with E-state index < -0.39 is 0 Å². The highest BCUT2D eigenvalue weighted by Gasteiger charge is 2.20. The highest BCUT2D eigenvalue weighted by molar-refractivity contribution is 7.17. The normalized spacial score (nSPS) is 10.7. The highest BCUT2D eigenvalue weighted by atomic mass is 35.5. The van der Waals surface area contributed by atoms with Crippen LogP contribution in [0.5, 0.6) is 0 Å². The van der Waals surface area contributed by atoms with Gasteiger partial charge in [0.05, 0.1) is 12.2 Å². The molecule has 3 aromatic rings. The van der Waals surface area contributed by atoms with Crippen LogP contribution in [0.3, 0.4) is 0 Å². The quantitative estimate of drug-likeness (QED) is 0.646. The number of hydrogen-bond acceptors (Lipinski definition) is 4. The van der Waals surface area contributed by atoms with E-state index in [1.807, 2.05) is 55.7 Å². The smallest absolute Gasteiger partial charge is 0.265 e. The molecule has 1 aromatic carbocycles. The van der Waals surface area contributed by atoms with Gasteiger partial charge in [0.25, 0.3) is 5.91 Å². The number of thiophene rings is 1. The lowest BCUT2D eigenvalue weighted by Crippen LogP contribution is -2.25. The minimum absolute atomic E-state index is 0.00798. The summed E-state index contributed by atoms with van der Waals surface area (Å²) in [5.41, 5.74) is 1.74. The molecule has 0 aliphatic heterocycles. The maximum Gasteiger partial charge on any atom is 0.265 e. The van der Waals surface area contributed by atoms with E-state index in [1.165, 1.54) is 16.2 Å². The van der Waals surface area contributed by atoms with Crippen molar-refractivity contribution in [3.63, 3.8) is 0 Å². The Morgan fingerprint density at radius 2 is 2.00 bits per heavy atom. The van der Waals surface area contributed by atoms with Crippen molar-refractivity contribution in [1.82, 2.24) is 9.88 Å².